The van der Waals surface area contributed by atoms with E-state index < -0.39 is 0 Å². The molecule has 0 saturated carbocycles. The molecule has 2 heterocycles. The van der Waals surface area contributed by atoms with E-state index in [1.165, 1.54) is 5.56 Å². The second kappa shape index (κ2) is 7.84. The van der Waals surface area contributed by atoms with Crippen LogP contribution >= 0.6 is 11.3 Å². The van der Waals surface area contributed by atoms with E-state index in [4.69, 9.17) is 9.47 Å². The lowest BCUT2D eigenvalue weighted by Crippen LogP contribution is -2.31. The zero-order valence-electron chi connectivity index (χ0n) is 15.2. The van der Waals surface area contributed by atoms with Gasteiger partial charge in [0.1, 0.15) is 11.5 Å². The van der Waals surface area contributed by atoms with Gasteiger partial charge in [-0.1, -0.05) is 18.2 Å². The first-order valence-electron chi connectivity index (χ1n) is 8.94. The molecule has 4 rings (SSSR count). The van der Waals surface area contributed by atoms with Gasteiger partial charge in [-0.05, 0) is 52.9 Å². The summed E-state index contributed by atoms with van der Waals surface area (Å²) in [7, 11) is 1.64. The van der Waals surface area contributed by atoms with Gasteiger partial charge >= 0.3 is 0 Å². The number of thiophene rings is 1. The number of carbonyl (C=O) groups is 1. The summed E-state index contributed by atoms with van der Waals surface area (Å²) in [6, 6.07) is 17.8. The third-order valence-corrected chi connectivity index (χ3v) is 5.55. The predicted molar refractivity (Wildman–Crippen MR) is 108 cm³/mol. The summed E-state index contributed by atoms with van der Waals surface area (Å²) in [5, 5.41) is 2.03. The minimum atomic E-state index is 0.0763. The topological polar surface area (TPSA) is 38.8 Å². The van der Waals surface area contributed by atoms with Crippen molar-refractivity contribution >= 4 is 22.9 Å². The molecule has 1 amide bonds. The van der Waals surface area contributed by atoms with Crippen LogP contribution in [0.1, 0.15) is 16.0 Å². The van der Waals surface area contributed by atoms with Crippen molar-refractivity contribution in [2.45, 2.75) is 19.4 Å². The molecular weight excluding hydrogens is 358 g/mol. The van der Waals surface area contributed by atoms with Gasteiger partial charge < -0.3 is 14.4 Å². The van der Waals surface area contributed by atoms with Gasteiger partial charge in [0.15, 0.2) is 0 Å². The van der Waals surface area contributed by atoms with Crippen LogP contribution in [0.2, 0.25) is 0 Å². The Labute approximate surface area is 163 Å². The van der Waals surface area contributed by atoms with Gasteiger partial charge in [-0.3, -0.25) is 4.79 Å². The van der Waals surface area contributed by atoms with Crippen molar-refractivity contribution in [1.29, 1.82) is 0 Å². The smallest absolute Gasteiger partial charge is 0.231 e. The van der Waals surface area contributed by atoms with Crippen LogP contribution in [-0.2, 0) is 24.2 Å². The van der Waals surface area contributed by atoms with Crippen molar-refractivity contribution in [3.63, 3.8) is 0 Å². The van der Waals surface area contributed by atoms with Gasteiger partial charge in [0.05, 0.1) is 26.7 Å². The van der Waals surface area contributed by atoms with Gasteiger partial charge in [-0.2, -0.15) is 0 Å². The molecule has 2 aromatic carbocycles. The number of rotatable bonds is 6. The predicted octanol–water partition coefficient (Wildman–Crippen LogP) is 4.47. The Bertz CT molecular complexity index is 919. The molecule has 0 aliphatic carbocycles. The van der Waals surface area contributed by atoms with E-state index in [0.717, 1.165) is 40.7 Å². The van der Waals surface area contributed by atoms with E-state index in [1.807, 2.05) is 52.7 Å². The minimum Gasteiger partial charge on any atom is -0.497 e. The Kier molecular flexibility index (Phi) is 5.12. The molecular formula is C22H21NO3S. The van der Waals surface area contributed by atoms with Crippen molar-refractivity contribution in [2.75, 3.05) is 18.6 Å². The Balaban J connectivity index is 1.57. The molecule has 0 spiro atoms. The number of amides is 1. The first kappa shape index (κ1) is 17.6. The number of nitrogens with zero attached hydrogens (tertiary/aromatic N) is 1. The second-order valence-corrected chi connectivity index (χ2v) is 7.51. The monoisotopic (exact) mass is 379 g/mol. The standard InChI is InChI=1S/C22H21NO3S/c1-25-19-7-5-18(6-8-19)23(15-20-3-2-12-27-20)22(24)14-16-4-9-21-17(13-16)10-11-26-21/h2-9,12-13H,10-11,14-15H2,1H3. The third-order valence-electron chi connectivity index (χ3n) is 4.69. The van der Waals surface area contributed by atoms with Crippen molar-refractivity contribution in [2.24, 2.45) is 0 Å². The number of benzene rings is 2. The maximum Gasteiger partial charge on any atom is 0.231 e. The highest BCUT2D eigenvalue weighted by molar-refractivity contribution is 7.09. The van der Waals surface area contributed by atoms with Crippen LogP contribution in [0.4, 0.5) is 5.69 Å². The molecule has 0 fully saturated rings. The normalized spacial score (nSPS) is 12.3. The first-order chi connectivity index (χ1) is 13.2. The van der Waals surface area contributed by atoms with Crippen LogP contribution in [0.15, 0.2) is 60.0 Å². The molecule has 0 unspecified atom stereocenters. The summed E-state index contributed by atoms with van der Waals surface area (Å²) >= 11 is 1.66. The molecule has 0 atom stereocenters. The molecule has 138 valence electrons. The molecule has 27 heavy (non-hydrogen) atoms. The lowest BCUT2D eigenvalue weighted by atomic mass is 10.1. The molecule has 0 saturated heterocycles. The van der Waals surface area contributed by atoms with Gasteiger partial charge in [0, 0.05) is 17.0 Å². The highest BCUT2D eigenvalue weighted by atomic mass is 32.1. The minimum absolute atomic E-state index is 0.0763. The van der Waals surface area contributed by atoms with Crippen LogP contribution < -0.4 is 14.4 Å². The van der Waals surface area contributed by atoms with Crippen LogP contribution in [0, 0.1) is 0 Å². The molecule has 1 aliphatic rings. The van der Waals surface area contributed by atoms with Gasteiger partial charge in [0.2, 0.25) is 5.91 Å². The van der Waals surface area contributed by atoms with Crippen LogP contribution in [0.5, 0.6) is 11.5 Å². The molecule has 1 aromatic heterocycles. The molecule has 1 aliphatic heterocycles. The van der Waals surface area contributed by atoms with E-state index in [2.05, 4.69) is 12.1 Å². The Morgan fingerprint density at radius 3 is 2.78 bits per heavy atom. The number of methoxy groups -OCH3 is 1. The summed E-state index contributed by atoms with van der Waals surface area (Å²) in [5.41, 5.74) is 3.09. The fourth-order valence-corrected chi connectivity index (χ4v) is 3.96. The summed E-state index contributed by atoms with van der Waals surface area (Å²) in [6.07, 6.45) is 1.28. The fraction of sp³-hybridized carbons (Fsp3) is 0.227. The number of anilines is 1. The number of ether oxygens (including phenoxy) is 2. The van der Waals surface area contributed by atoms with Crippen molar-refractivity contribution in [3.8, 4) is 11.5 Å². The largest absolute Gasteiger partial charge is 0.497 e. The summed E-state index contributed by atoms with van der Waals surface area (Å²) in [5.74, 6) is 1.80. The SMILES string of the molecule is COc1ccc(N(Cc2cccs2)C(=O)Cc2ccc3c(c2)CCO3)cc1. The molecule has 0 bridgehead atoms. The summed E-state index contributed by atoms with van der Waals surface area (Å²) < 4.78 is 10.8. The van der Waals surface area contributed by atoms with Crippen molar-refractivity contribution < 1.29 is 14.3 Å². The number of hydrogen-bond acceptors (Lipinski definition) is 4. The Hall–Kier alpha value is -2.79. The highest BCUT2D eigenvalue weighted by Crippen LogP contribution is 2.27. The zero-order chi connectivity index (χ0) is 18.6. The lowest BCUT2D eigenvalue weighted by molar-refractivity contribution is -0.118. The van der Waals surface area contributed by atoms with Crippen LogP contribution in [0.25, 0.3) is 0 Å². The zero-order valence-corrected chi connectivity index (χ0v) is 16.0. The van der Waals surface area contributed by atoms with Crippen LogP contribution in [-0.4, -0.2) is 19.6 Å². The number of fused-ring (bicyclic) bond motifs is 1. The molecule has 0 N–H and O–H groups in total. The number of hydrogen-bond donors (Lipinski definition) is 0. The lowest BCUT2D eigenvalue weighted by Gasteiger charge is -2.23. The highest BCUT2D eigenvalue weighted by Gasteiger charge is 2.19. The van der Waals surface area contributed by atoms with Gasteiger partial charge in [-0.15, -0.1) is 11.3 Å². The van der Waals surface area contributed by atoms with Crippen LogP contribution in [0.3, 0.4) is 0 Å². The molecule has 4 nitrogen and oxygen atoms in total. The molecule has 5 heteroatoms. The first-order valence-corrected chi connectivity index (χ1v) is 9.82. The van der Waals surface area contributed by atoms with Crippen molar-refractivity contribution in [1.82, 2.24) is 0 Å². The van der Waals surface area contributed by atoms with E-state index in [9.17, 15) is 4.79 Å². The average molecular weight is 379 g/mol. The van der Waals surface area contributed by atoms with Gasteiger partial charge in [0.25, 0.3) is 0 Å². The summed E-state index contributed by atoms with van der Waals surface area (Å²) in [4.78, 5) is 16.2. The summed E-state index contributed by atoms with van der Waals surface area (Å²) in [6.45, 7) is 1.29. The molecule has 0 radical (unpaired) electrons. The van der Waals surface area contributed by atoms with Gasteiger partial charge in [-0.25, -0.2) is 0 Å². The van der Waals surface area contributed by atoms with Crippen molar-refractivity contribution in [3.05, 3.63) is 76.0 Å². The number of carbonyl (C=O) groups excluding carboxylic acids is 1. The Morgan fingerprint density at radius 1 is 1.19 bits per heavy atom. The maximum atomic E-state index is 13.2. The molecule has 3 aromatic rings. The fourth-order valence-electron chi connectivity index (χ4n) is 3.26. The van der Waals surface area contributed by atoms with E-state index in [-0.39, 0.29) is 5.91 Å². The quantitative estimate of drug-likeness (QED) is 0.634. The van der Waals surface area contributed by atoms with E-state index in [0.29, 0.717) is 13.0 Å². The second-order valence-electron chi connectivity index (χ2n) is 6.47. The van der Waals surface area contributed by atoms with E-state index >= 15 is 0 Å². The average Bonchev–Trinajstić information content (AvgIpc) is 3.37. The maximum absolute atomic E-state index is 13.2. The third kappa shape index (κ3) is 3.98. The van der Waals surface area contributed by atoms with E-state index in [1.54, 1.807) is 18.4 Å². The Morgan fingerprint density at radius 2 is 2.04 bits per heavy atom.